The van der Waals surface area contributed by atoms with Crippen molar-refractivity contribution in [1.82, 2.24) is 4.90 Å². The molecular weight excluding hydrogens is 168 g/mol. The fourth-order valence-electron chi connectivity index (χ4n) is 1.26. The topological polar surface area (TPSA) is 66.6 Å². The van der Waals surface area contributed by atoms with Crippen molar-refractivity contribution in [1.29, 1.82) is 0 Å². The number of aliphatic hydroxyl groups excluding tert-OH is 1. The lowest BCUT2D eigenvalue weighted by Crippen LogP contribution is -2.38. The smallest absolute Gasteiger partial charge is 0.226 e. The molecule has 0 bridgehead atoms. The predicted molar refractivity (Wildman–Crippen MR) is 52.2 cm³/mol. The van der Waals surface area contributed by atoms with E-state index >= 15 is 0 Å². The summed E-state index contributed by atoms with van der Waals surface area (Å²) in [7, 11) is 1.69. The molecule has 0 aromatic rings. The maximum absolute atomic E-state index is 11.6. The van der Waals surface area contributed by atoms with Crippen LogP contribution in [-0.2, 0) is 4.79 Å². The summed E-state index contributed by atoms with van der Waals surface area (Å²) in [4.78, 5) is 13.1. The third-order valence-electron chi connectivity index (χ3n) is 2.08. The quantitative estimate of drug-likeness (QED) is 0.607. The fraction of sp³-hybridized carbons (Fsp3) is 0.889. The highest BCUT2D eigenvalue weighted by atomic mass is 16.3. The molecule has 1 amide bonds. The zero-order valence-corrected chi connectivity index (χ0v) is 8.49. The lowest BCUT2D eigenvalue weighted by atomic mass is 10.0. The van der Waals surface area contributed by atoms with Crippen LogP contribution in [0.5, 0.6) is 0 Å². The molecule has 1 unspecified atom stereocenters. The monoisotopic (exact) mass is 188 g/mol. The van der Waals surface area contributed by atoms with Gasteiger partial charge in [0.2, 0.25) is 5.91 Å². The van der Waals surface area contributed by atoms with Gasteiger partial charge in [0.05, 0.1) is 12.5 Å². The highest BCUT2D eigenvalue weighted by Crippen LogP contribution is 2.07. The van der Waals surface area contributed by atoms with E-state index < -0.39 is 0 Å². The summed E-state index contributed by atoms with van der Waals surface area (Å²) in [6.07, 6.45) is 1.78. The van der Waals surface area contributed by atoms with Crippen molar-refractivity contribution in [3.8, 4) is 0 Å². The van der Waals surface area contributed by atoms with Crippen molar-refractivity contribution in [2.75, 3.05) is 26.7 Å². The molecule has 0 saturated carbocycles. The number of nitrogens with zero attached hydrogens (tertiary/aromatic N) is 1. The van der Waals surface area contributed by atoms with E-state index in [1.165, 1.54) is 4.90 Å². The van der Waals surface area contributed by atoms with E-state index in [9.17, 15) is 4.79 Å². The van der Waals surface area contributed by atoms with Crippen LogP contribution in [0.4, 0.5) is 0 Å². The summed E-state index contributed by atoms with van der Waals surface area (Å²) in [6, 6.07) is 0. The van der Waals surface area contributed by atoms with Gasteiger partial charge >= 0.3 is 0 Å². The fourth-order valence-corrected chi connectivity index (χ4v) is 1.26. The molecule has 0 heterocycles. The first kappa shape index (κ1) is 12.4. The van der Waals surface area contributed by atoms with Crippen molar-refractivity contribution in [3.05, 3.63) is 0 Å². The molecule has 0 saturated heterocycles. The van der Waals surface area contributed by atoms with Crippen LogP contribution in [0.1, 0.15) is 19.8 Å². The molecule has 0 fully saturated rings. The van der Waals surface area contributed by atoms with E-state index in [2.05, 4.69) is 0 Å². The molecule has 4 nitrogen and oxygen atoms in total. The van der Waals surface area contributed by atoms with E-state index in [0.717, 1.165) is 12.8 Å². The van der Waals surface area contributed by atoms with Gasteiger partial charge in [0.1, 0.15) is 0 Å². The van der Waals surface area contributed by atoms with Gasteiger partial charge in [-0.1, -0.05) is 13.3 Å². The average molecular weight is 188 g/mol. The third kappa shape index (κ3) is 4.24. The number of likely N-dealkylation sites (N-methyl/N-ethyl adjacent to an activating group) is 1. The Morgan fingerprint density at radius 3 is 2.62 bits per heavy atom. The molecule has 13 heavy (non-hydrogen) atoms. The second-order valence-electron chi connectivity index (χ2n) is 3.20. The highest BCUT2D eigenvalue weighted by molar-refractivity contribution is 5.78. The van der Waals surface area contributed by atoms with Crippen molar-refractivity contribution in [2.24, 2.45) is 11.7 Å². The lowest BCUT2D eigenvalue weighted by Gasteiger charge is -2.21. The van der Waals surface area contributed by atoms with Crippen LogP contribution < -0.4 is 5.73 Å². The van der Waals surface area contributed by atoms with E-state index in [0.29, 0.717) is 13.1 Å². The van der Waals surface area contributed by atoms with Crippen molar-refractivity contribution in [2.45, 2.75) is 19.8 Å². The van der Waals surface area contributed by atoms with E-state index in [4.69, 9.17) is 10.8 Å². The first-order chi connectivity index (χ1) is 6.17. The first-order valence-corrected chi connectivity index (χ1v) is 4.73. The van der Waals surface area contributed by atoms with E-state index in [-0.39, 0.29) is 18.4 Å². The molecule has 4 heteroatoms. The molecule has 0 aromatic heterocycles. The number of aliphatic hydroxyl groups is 1. The Morgan fingerprint density at radius 2 is 2.23 bits per heavy atom. The number of hydrogen-bond donors (Lipinski definition) is 2. The van der Waals surface area contributed by atoms with Gasteiger partial charge < -0.3 is 15.7 Å². The normalized spacial score (nSPS) is 12.6. The molecule has 0 spiro atoms. The highest BCUT2D eigenvalue weighted by Gasteiger charge is 2.18. The Morgan fingerprint density at radius 1 is 1.62 bits per heavy atom. The number of rotatable bonds is 6. The Labute approximate surface area is 79.7 Å². The average Bonchev–Trinajstić information content (AvgIpc) is 2.13. The van der Waals surface area contributed by atoms with Crippen LogP contribution in [0.3, 0.4) is 0 Å². The van der Waals surface area contributed by atoms with Crippen molar-refractivity contribution >= 4 is 5.91 Å². The van der Waals surface area contributed by atoms with Crippen LogP contribution in [0.2, 0.25) is 0 Å². The SMILES string of the molecule is CCCC(CN)C(=O)N(C)CCO. The second-order valence-corrected chi connectivity index (χ2v) is 3.20. The Balaban J connectivity index is 4.02. The summed E-state index contributed by atoms with van der Waals surface area (Å²) < 4.78 is 0. The van der Waals surface area contributed by atoms with Gasteiger partial charge in [-0.2, -0.15) is 0 Å². The first-order valence-electron chi connectivity index (χ1n) is 4.73. The summed E-state index contributed by atoms with van der Waals surface area (Å²) in [6.45, 7) is 2.81. The molecule has 1 atom stereocenters. The Bertz CT molecular complexity index is 151. The maximum Gasteiger partial charge on any atom is 0.226 e. The largest absolute Gasteiger partial charge is 0.395 e. The van der Waals surface area contributed by atoms with E-state index in [1.807, 2.05) is 6.92 Å². The van der Waals surface area contributed by atoms with E-state index in [1.54, 1.807) is 7.05 Å². The minimum atomic E-state index is -0.0819. The van der Waals surface area contributed by atoms with Gasteiger partial charge in [-0.3, -0.25) is 4.79 Å². The van der Waals surface area contributed by atoms with Gasteiger partial charge in [-0.15, -0.1) is 0 Å². The van der Waals surface area contributed by atoms with Gasteiger partial charge in [0.15, 0.2) is 0 Å². The van der Waals surface area contributed by atoms with Crippen LogP contribution in [0.15, 0.2) is 0 Å². The van der Waals surface area contributed by atoms with Crippen LogP contribution in [-0.4, -0.2) is 42.7 Å². The lowest BCUT2D eigenvalue weighted by molar-refractivity contribution is -0.134. The molecule has 0 aliphatic carbocycles. The molecule has 3 N–H and O–H groups in total. The maximum atomic E-state index is 11.6. The molecule has 0 rings (SSSR count). The van der Waals surface area contributed by atoms with Gasteiger partial charge in [-0.05, 0) is 6.42 Å². The molecular formula is C9H20N2O2. The van der Waals surface area contributed by atoms with Crippen LogP contribution in [0.25, 0.3) is 0 Å². The van der Waals surface area contributed by atoms with Crippen LogP contribution in [0, 0.1) is 5.92 Å². The molecule has 0 aliphatic heterocycles. The Kier molecular flexibility index (Phi) is 6.54. The number of carbonyl (C=O) groups is 1. The predicted octanol–water partition coefficient (Wildman–Crippen LogP) is -0.188. The number of carbonyl (C=O) groups excluding carboxylic acids is 1. The molecule has 0 aliphatic rings. The van der Waals surface area contributed by atoms with Gasteiger partial charge in [-0.25, -0.2) is 0 Å². The number of hydrogen-bond acceptors (Lipinski definition) is 3. The van der Waals surface area contributed by atoms with Crippen molar-refractivity contribution < 1.29 is 9.90 Å². The summed E-state index contributed by atoms with van der Waals surface area (Å²) in [5.41, 5.74) is 5.48. The standard InChI is InChI=1S/C9H20N2O2/c1-3-4-8(7-10)9(13)11(2)5-6-12/h8,12H,3-7,10H2,1-2H3. The second kappa shape index (κ2) is 6.86. The van der Waals surface area contributed by atoms with Gasteiger partial charge in [0.25, 0.3) is 0 Å². The van der Waals surface area contributed by atoms with Crippen LogP contribution >= 0.6 is 0 Å². The number of amides is 1. The molecule has 78 valence electrons. The van der Waals surface area contributed by atoms with Crippen molar-refractivity contribution in [3.63, 3.8) is 0 Å². The zero-order chi connectivity index (χ0) is 10.3. The third-order valence-corrected chi connectivity index (χ3v) is 2.08. The zero-order valence-electron chi connectivity index (χ0n) is 8.49. The molecule has 0 aromatic carbocycles. The number of nitrogens with two attached hydrogens (primary N) is 1. The summed E-state index contributed by atoms with van der Waals surface area (Å²) in [5, 5.41) is 8.64. The summed E-state index contributed by atoms with van der Waals surface area (Å²) >= 11 is 0. The minimum absolute atomic E-state index is 0.00561. The Hall–Kier alpha value is -0.610. The molecule has 0 radical (unpaired) electrons. The van der Waals surface area contributed by atoms with Gasteiger partial charge in [0, 0.05) is 20.1 Å². The minimum Gasteiger partial charge on any atom is -0.395 e. The summed E-state index contributed by atoms with van der Waals surface area (Å²) in [5.74, 6) is -0.0417.